The summed E-state index contributed by atoms with van der Waals surface area (Å²) in [5.41, 5.74) is 5.89. The highest BCUT2D eigenvalue weighted by Gasteiger charge is 2.46. The number of nitrogens with two attached hydrogens (primary N) is 1. The summed E-state index contributed by atoms with van der Waals surface area (Å²) in [6, 6.07) is -0.197. The van der Waals surface area contributed by atoms with Crippen LogP contribution in [0.2, 0.25) is 0 Å². The van der Waals surface area contributed by atoms with Crippen LogP contribution < -0.4 is 16.4 Å². The zero-order valence-electron chi connectivity index (χ0n) is 10.7. The van der Waals surface area contributed by atoms with Gasteiger partial charge in [-0.3, -0.25) is 4.79 Å². The van der Waals surface area contributed by atoms with Crippen LogP contribution in [-0.4, -0.2) is 22.5 Å². The Bertz CT molecular complexity index is 516. The van der Waals surface area contributed by atoms with Crippen LogP contribution in [0, 0.1) is 0 Å². The number of piperazine rings is 1. The molecule has 102 valence electrons. The molecular formula is C13H18N4O2. The number of anilines is 1. The Morgan fingerprint density at radius 1 is 1.53 bits per heavy atom. The Morgan fingerprint density at radius 3 is 2.89 bits per heavy atom. The maximum atomic E-state index is 12.3. The number of nitrogen functional groups attached to an aromatic ring is 1. The number of carbonyl (C=O) groups is 1. The summed E-state index contributed by atoms with van der Waals surface area (Å²) in [4.78, 5) is 16.3. The molecule has 3 rings (SSSR count). The molecule has 1 spiro atoms. The Labute approximate surface area is 111 Å². The first-order valence-electron chi connectivity index (χ1n) is 6.57. The van der Waals surface area contributed by atoms with Gasteiger partial charge in [-0.05, 0) is 12.8 Å². The topological polar surface area (TPSA) is 93.2 Å². The van der Waals surface area contributed by atoms with E-state index >= 15 is 0 Å². The molecule has 1 aliphatic heterocycles. The Morgan fingerprint density at radius 2 is 2.26 bits per heavy atom. The van der Waals surface area contributed by atoms with Crippen LogP contribution in [0.5, 0.6) is 0 Å². The van der Waals surface area contributed by atoms with Crippen molar-refractivity contribution >= 4 is 11.7 Å². The average molecular weight is 262 g/mol. The molecule has 2 heterocycles. The van der Waals surface area contributed by atoms with E-state index in [-0.39, 0.29) is 11.9 Å². The van der Waals surface area contributed by atoms with Gasteiger partial charge in [-0.25, -0.2) is 0 Å². The first kappa shape index (κ1) is 12.1. The second-order valence-electron chi connectivity index (χ2n) is 5.34. The van der Waals surface area contributed by atoms with Gasteiger partial charge in [-0.1, -0.05) is 19.4 Å². The largest absolute Gasteiger partial charge is 0.447 e. The van der Waals surface area contributed by atoms with Crippen LogP contribution in [0.4, 0.5) is 5.82 Å². The van der Waals surface area contributed by atoms with Gasteiger partial charge in [0, 0.05) is 5.70 Å². The van der Waals surface area contributed by atoms with Crippen LogP contribution in [0.25, 0.3) is 0 Å². The van der Waals surface area contributed by atoms with Gasteiger partial charge in [0.25, 0.3) is 0 Å². The summed E-state index contributed by atoms with van der Waals surface area (Å²) in [7, 11) is 0. The molecule has 4 N–H and O–H groups in total. The van der Waals surface area contributed by atoms with Crippen LogP contribution in [-0.2, 0) is 11.2 Å². The maximum absolute atomic E-state index is 12.3. The summed E-state index contributed by atoms with van der Waals surface area (Å²) >= 11 is 0. The third kappa shape index (κ3) is 2.07. The van der Waals surface area contributed by atoms with E-state index in [0.29, 0.717) is 18.1 Å². The molecule has 1 atom stereocenters. The lowest BCUT2D eigenvalue weighted by molar-refractivity contribution is -0.129. The van der Waals surface area contributed by atoms with Gasteiger partial charge < -0.3 is 20.8 Å². The number of nitrogens with one attached hydrogen (secondary N) is 2. The van der Waals surface area contributed by atoms with Gasteiger partial charge >= 0.3 is 0 Å². The number of oxazole rings is 1. The van der Waals surface area contributed by atoms with E-state index in [9.17, 15) is 4.79 Å². The lowest BCUT2D eigenvalue weighted by atomic mass is 9.91. The van der Waals surface area contributed by atoms with Crippen molar-refractivity contribution in [3.63, 3.8) is 0 Å². The van der Waals surface area contributed by atoms with E-state index in [1.54, 1.807) is 0 Å². The van der Waals surface area contributed by atoms with Crippen molar-refractivity contribution < 1.29 is 9.21 Å². The van der Waals surface area contributed by atoms with E-state index < -0.39 is 5.54 Å². The van der Waals surface area contributed by atoms with Gasteiger partial charge in [0.1, 0.15) is 11.8 Å². The highest BCUT2D eigenvalue weighted by atomic mass is 16.3. The average Bonchev–Trinajstić information content (AvgIpc) is 2.97. The zero-order valence-corrected chi connectivity index (χ0v) is 10.7. The summed E-state index contributed by atoms with van der Waals surface area (Å²) in [6.45, 7) is 4.03. The number of hydrogen-bond donors (Lipinski definition) is 3. The molecule has 2 fully saturated rings. The fourth-order valence-electron chi connectivity index (χ4n) is 2.93. The predicted octanol–water partition coefficient (Wildman–Crippen LogP) is 0.714. The number of amides is 1. The van der Waals surface area contributed by atoms with Gasteiger partial charge in [0.2, 0.25) is 5.91 Å². The minimum Gasteiger partial charge on any atom is -0.447 e. The lowest BCUT2D eigenvalue weighted by Gasteiger charge is -2.39. The molecule has 1 aromatic rings. The fraction of sp³-hybridized carbons (Fsp3) is 0.538. The summed E-state index contributed by atoms with van der Waals surface area (Å²) in [5.74, 6) is 0.915. The Hall–Kier alpha value is -1.98. The molecule has 1 aliphatic carbocycles. The standard InChI is InChI=1S/C13H18N4O2/c1-8-9(6-11-16-10(14)7-19-11)15-12(18)13(17-8)4-2-3-5-13/h7,9,17H,1-6,14H2,(H,15,18). The molecule has 2 aliphatic rings. The normalized spacial score (nSPS) is 25.4. The van der Waals surface area contributed by atoms with Crippen LogP contribution in [0.3, 0.4) is 0 Å². The van der Waals surface area contributed by atoms with Gasteiger partial charge in [-0.2, -0.15) is 4.98 Å². The highest BCUT2D eigenvalue weighted by molar-refractivity contribution is 5.88. The van der Waals surface area contributed by atoms with Gasteiger partial charge in [0.15, 0.2) is 11.7 Å². The number of aromatic nitrogens is 1. The molecular weight excluding hydrogens is 244 g/mol. The minimum atomic E-state index is -0.441. The van der Waals surface area contributed by atoms with Crippen molar-refractivity contribution in [2.24, 2.45) is 0 Å². The first-order chi connectivity index (χ1) is 9.09. The number of carbonyl (C=O) groups excluding carboxylic acids is 1. The zero-order chi connectivity index (χ0) is 13.5. The SMILES string of the molecule is C=C1NC2(CCCC2)C(=O)NC1Cc1nc(N)co1. The molecule has 1 saturated carbocycles. The second-order valence-corrected chi connectivity index (χ2v) is 5.34. The van der Waals surface area contributed by atoms with E-state index in [4.69, 9.17) is 10.2 Å². The summed E-state index contributed by atoms with van der Waals surface area (Å²) < 4.78 is 5.21. The third-order valence-electron chi connectivity index (χ3n) is 3.97. The molecule has 6 heteroatoms. The van der Waals surface area contributed by atoms with E-state index in [1.165, 1.54) is 6.26 Å². The molecule has 0 bridgehead atoms. The number of rotatable bonds is 2. The summed E-state index contributed by atoms with van der Waals surface area (Å²) in [5, 5.41) is 6.33. The van der Waals surface area contributed by atoms with E-state index in [1.807, 2.05) is 0 Å². The molecule has 1 unspecified atom stereocenters. The monoisotopic (exact) mass is 262 g/mol. The molecule has 6 nitrogen and oxygen atoms in total. The fourth-order valence-corrected chi connectivity index (χ4v) is 2.93. The van der Waals surface area contributed by atoms with Crippen molar-refractivity contribution in [3.05, 3.63) is 24.4 Å². The van der Waals surface area contributed by atoms with Crippen LogP contribution >= 0.6 is 0 Å². The van der Waals surface area contributed by atoms with Crippen LogP contribution in [0.15, 0.2) is 23.0 Å². The van der Waals surface area contributed by atoms with E-state index in [0.717, 1.165) is 31.4 Å². The van der Waals surface area contributed by atoms with E-state index in [2.05, 4.69) is 22.2 Å². The Kier molecular flexibility index (Phi) is 2.73. The van der Waals surface area contributed by atoms with Crippen molar-refractivity contribution in [3.8, 4) is 0 Å². The van der Waals surface area contributed by atoms with Crippen molar-refractivity contribution in [2.75, 3.05) is 5.73 Å². The molecule has 0 radical (unpaired) electrons. The lowest BCUT2D eigenvalue weighted by Crippen LogP contribution is -2.64. The smallest absolute Gasteiger partial charge is 0.246 e. The Balaban J connectivity index is 1.72. The molecule has 0 aromatic carbocycles. The van der Waals surface area contributed by atoms with Crippen molar-refractivity contribution in [1.82, 2.24) is 15.6 Å². The van der Waals surface area contributed by atoms with Gasteiger partial charge in [0.05, 0.1) is 12.5 Å². The minimum absolute atomic E-state index is 0.0573. The number of hydrogen-bond acceptors (Lipinski definition) is 5. The summed E-state index contributed by atoms with van der Waals surface area (Å²) in [6.07, 6.45) is 5.76. The predicted molar refractivity (Wildman–Crippen MR) is 70.0 cm³/mol. The first-order valence-corrected chi connectivity index (χ1v) is 6.57. The van der Waals surface area contributed by atoms with Crippen molar-refractivity contribution in [2.45, 2.75) is 43.7 Å². The van der Waals surface area contributed by atoms with Gasteiger partial charge in [-0.15, -0.1) is 0 Å². The molecule has 1 aromatic heterocycles. The molecule has 1 amide bonds. The second kappa shape index (κ2) is 4.29. The van der Waals surface area contributed by atoms with Crippen molar-refractivity contribution in [1.29, 1.82) is 0 Å². The number of nitrogens with zero attached hydrogens (tertiary/aromatic N) is 1. The highest BCUT2D eigenvalue weighted by Crippen LogP contribution is 2.33. The third-order valence-corrected chi connectivity index (χ3v) is 3.97. The molecule has 1 saturated heterocycles. The van der Waals surface area contributed by atoms with Crippen LogP contribution in [0.1, 0.15) is 31.6 Å². The molecule has 19 heavy (non-hydrogen) atoms. The maximum Gasteiger partial charge on any atom is 0.246 e. The quantitative estimate of drug-likeness (QED) is 0.730.